The lowest BCUT2D eigenvalue weighted by Gasteiger charge is -2.32. The van der Waals surface area contributed by atoms with E-state index in [1.807, 2.05) is 71.0 Å². The largest absolute Gasteiger partial charge is 0.352 e. The van der Waals surface area contributed by atoms with E-state index in [1.54, 1.807) is 11.0 Å². The number of aryl methyl sites for hydroxylation is 2. The number of benzene rings is 2. The van der Waals surface area contributed by atoms with Crippen molar-refractivity contribution in [1.29, 1.82) is 0 Å². The van der Waals surface area contributed by atoms with Gasteiger partial charge in [-0.2, -0.15) is 0 Å². The molecule has 2 amide bonds. The summed E-state index contributed by atoms with van der Waals surface area (Å²) in [5.74, 6) is -0.448. The Hall–Kier alpha value is -2.58. The minimum atomic E-state index is -3.55. The summed E-state index contributed by atoms with van der Waals surface area (Å²) in [6.07, 6.45) is 2.00. The third-order valence-corrected chi connectivity index (χ3v) is 7.45. The highest BCUT2D eigenvalue weighted by Crippen LogP contribution is 2.25. The third kappa shape index (κ3) is 8.23. The second kappa shape index (κ2) is 13.1. The number of carbonyl (C=O) groups is 2. The van der Waals surface area contributed by atoms with Crippen molar-refractivity contribution in [2.75, 3.05) is 17.1 Å². The van der Waals surface area contributed by atoms with Gasteiger partial charge < -0.3 is 10.2 Å². The molecule has 0 unspecified atom stereocenters. The topological polar surface area (TPSA) is 86.8 Å². The lowest BCUT2D eigenvalue weighted by atomic mass is 10.1. The Morgan fingerprint density at radius 3 is 2.33 bits per heavy atom. The predicted molar refractivity (Wildman–Crippen MR) is 147 cm³/mol. The van der Waals surface area contributed by atoms with Crippen LogP contribution in [0.15, 0.2) is 42.5 Å². The molecule has 0 aliphatic carbocycles. The van der Waals surface area contributed by atoms with E-state index in [0.717, 1.165) is 16.7 Å². The number of hydrogen-bond donors (Lipinski definition) is 1. The first kappa shape index (κ1) is 29.6. The first-order valence-corrected chi connectivity index (χ1v) is 14.5. The molecule has 0 bridgehead atoms. The van der Waals surface area contributed by atoms with Crippen molar-refractivity contribution in [2.24, 2.45) is 0 Å². The van der Waals surface area contributed by atoms with Gasteiger partial charge in [-0.3, -0.25) is 13.9 Å². The smallest absolute Gasteiger partial charge is 0.243 e. The van der Waals surface area contributed by atoms with Crippen molar-refractivity contribution in [1.82, 2.24) is 10.2 Å². The number of halogens is 1. The quantitative estimate of drug-likeness (QED) is 0.421. The number of sulfonamides is 1. The Labute approximate surface area is 220 Å². The first-order valence-electron chi connectivity index (χ1n) is 12.2. The van der Waals surface area contributed by atoms with Crippen molar-refractivity contribution in [2.45, 2.75) is 72.5 Å². The Balaban J connectivity index is 2.26. The minimum absolute atomic E-state index is 0.0651. The van der Waals surface area contributed by atoms with E-state index >= 15 is 0 Å². The summed E-state index contributed by atoms with van der Waals surface area (Å²) >= 11 is 6.36. The summed E-state index contributed by atoms with van der Waals surface area (Å²) in [5.41, 5.74) is 3.15. The highest BCUT2D eigenvalue weighted by Gasteiger charge is 2.29. The van der Waals surface area contributed by atoms with E-state index in [4.69, 9.17) is 11.6 Å². The minimum Gasteiger partial charge on any atom is -0.352 e. The van der Waals surface area contributed by atoms with Crippen LogP contribution in [0.4, 0.5) is 5.69 Å². The van der Waals surface area contributed by atoms with Crippen LogP contribution in [0.1, 0.15) is 56.7 Å². The molecular formula is C27H38ClN3O4S. The van der Waals surface area contributed by atoms with Crippen molar-refractivity contribution < 1.29 is 18.0 Å². The van der Waals surface area contributed by atoms with Gasteiger partial charge in [0.15, 0.2) is 0 Å². The number of carbonyl (C=O) groups excluding carboxylic acids is 2. The predicted octanol–water partition coefficient (Wildman–Crippen LogP) is 4.84. The Morgan fingerprint density at radius 2 is 1.75 bits per heavy atom. The van der Waals surface area contributed by atoms with Gasteiger partial charge in [-0.05, 0) is 69.4 Å². The molecule has 7 nitrogen and oxygen atoms in total. The summed E-state index contributed by atoms with van der Waals surface area (Å²) in [7, 11) is -3.55. The van der Waals surface area contributed by atoms with Crippen LogP contribution < -0.4 is 9.62 Å². The molecule has 0 heterocycles. The molecule has 0 spiro atoms. The lowest BCUT2D eigenvalue weighted by Crippen LogP contribution is -2.50. The molecule has 2 aromatic carbocycles. The van der Waals surface area contributed by atoms with Crippen molar-refractivity contribution in [3.63, 3.8) is 0 Å². The van der Waals surface area contributed by atoms with E-state index in [1.165, 1.54) is 10.6 Å². The number of amides is 2. The molecule has 0 aliphatic heterocycles. The van der Waals surface area contributed by atoms with Gasteiger partial charge in [0.2, 0.25) is 21.8 Å². The van der Waals surface area contributed by atoms with Gasteiger partial charge >= 0.3 is 0 Å². The van der Waals surface area contributed by atoms with Crippen LogP contribution in [0.25, 0.3) is 0 Å². The maximum atomic E-state index is 13.5. The monoisotopic (exact) mass is 535 g/mol. The number of hydrogen-bond acceptors (Lipinski definition) is 4. The van der Waals surface area contributed by atoms with E-state index in [9.17, 15) is 18.0 Å². The van der Waals surface area contributed by atoms with Crippen LogP contribution in [-0.2, 0) is 26.2 Å². The van der Waals surface area contributed by atoms with Gasteiger partial charge in [-0.25, -0.2) is 8.42 Å². The zero-order chi connectivity index (χ0) is 27.0. The van der Waals surface area contributed by atoms with Crippen LogP contribution in [0.2, 0.25) is 5.02 Å². The molecule has 0 aliphatic rings. The summed E-state index contributed by atoms with van der Waals surface area (Å²) in [5, 5.41) is 3.42. The standard InChI is InChI=1S/C27H38ClN3O4S/c1-7-24(27(33)29-19(2)3)30(18-22-11-8-9-12-23(22)28)26(32)13-10-16-31(36(6,34)35)25-17-20(4)14-15-21(25)5/h8-9,11-12,14-15,17,19,24H,7,10,13,16,18H2,1-6H3,(H,29,33)/t24-/m0/s1. The lowest BCUT2D eigenvalue weighted by molar-refractivity contribution is -0.141. The Bertz CT molecular complexity index is 1170. The molecule has 9 heteroatoms. The molecule has 0 saturated carbocycles. The number of nitrogens with one attached hydrogen (secondary N) is 1. The van der Waals surface area contributed by atoms with E-state index in [-0.39, 0.29) is 37.4 Å². The molecule has 36 heavy (non-hydrogen) atoms. The van der Waals surface area contributed by atoms with Gasteiger partial charge in [0.25, 0.3) is 0 Å². The second-order valence-electron chi connectivity index (χ2n) is 9.43. The molecule has 1 N–H and O–H groups in total. The third-order valence-electron chi connectivity index (χ3n) is 5.90. The molecule has 198 valence electrons. The van der Waals surface area contributed by atoms with Gasteiger partial charge in [-0.1, -0.05) is 48.9 Å². The molecular weight excluding hydrogens is 498 g/mol. The Kier molecular flexibility index (Phi) is 10.8. The first-order chi connectivity index (χ1) is 16.8. The second-order valence-corrected chi connectivity index (χ2v) is 11.7. The van der Waals surface area contributed by atoms with Crippen LogP contribution in [-0.4, -0.2) is 50.0 Å². The van der Waals surface area contributed by atoms with Gasteiger partial charge in [0.05, 0.1) is 11.9 Å². The number of rotatable bonds is 12. The zero-order valence-electron chi connectivity index (χ0n) is 22.0. The van der Waals surface area contributed by atoms with Crippen LogP contribution in [0.3, 0.4) is 0 Å². The van der Waals surface area contributed by atoms with Gasteiger partial charge in [0, 0.05) is 30.6 Å². The average Bonchev–Trinajstić information content (AvgIpc) is 2.78. The van der Waals surface area contributed by atoms with E-state index < -0.39 is 16.1 Å². The maximum absolute atomic E-state index is 13.5. The van der Waals surface area contributed by atoms with Crippen molar-refractivity contribution in [3.8, 4) is 0 Å². The normalized spacial score (nSPS) is 12.3. The van der Waals surface area contributed by atoms with Crippen molar-refractivity contribution in [3.05, 3.63) is 64.2 Å². The van der Waals surface area contributed by atoms with Crippen molar-refractivity contribution >= 4 is 39.1 Å². The van der Waals surface area contributed by atoms with Gasteiger partial charge in [-0.15, -0.1) is 0 Å². The summed E-state index contributed by atoms with van der Waals surface area (Å²) in [6, 6.07) is 12.2. The Morgan fingerprint density at radius 1 is 1.08 bits per heavy atom. The molecule has 2 rings (SSSR count). The molecule has 0 aromatic heterocycles. The zero-order valence-corrected chi connectivity index (χ0v) is 23.6. The molecule has 0 radical (unpaired) electrons. The molecule has 2 aromatic rings. The van der Waals surface area contributed by atoms with Gasteiger partial charge in [0.1, 0.15) is 6.04 Å². The van der Waals surface area contributed by atoms with Crippen LogP contribution in [0, 0.1) is 13.8 Å². The fraction of sp³-hybridized carbons (Fsp3) is 0.481. The summed E-state index contributed by atoms with van der Waals surface area (Å²) in [6.45, 7) is 9.73. The molecule has 0 fully saturated rings. The SMILES string of the molecule is CC[C@@H](C(=O)NC(C)C)N(Cc1ccccc1Cl)C(=O)CCCN(c1cc(C)ccc1C)S(C)(=O)=O. The number of nitrogens with zero attached hydrogens (tertiary/aromatic N) is 2. The highest BCUT2D eigenvalue weighted by molar-refractivity contribution is 7.92. The maximum Gasteiger partial charge on any atom is 0.243 e. The summed E-state index contributed by atoms with van der Waals surface area (Å²) < 4.78 is 26.5. The summed E-state index contributed by atoms with van der Waals surface area (Å²) in [4.78, 5) is 28.0. The van der Waals surface area contributed by atoms with E-state index in [0.29, 0.717) is 23.6 Å². The van der Waals surface area contributed by atoms with E-state index in [2.05, 4.69) is 5.32 Å². The molecule has 0 saturated heterocycles. The van der Waals surface area contributed by atoms with Crippen LogP contribution >= 0.6 is 11.6 Å². The van der Waals surface area contributed by atoms with Crippen LogP contribution in [0.5, 0.6) is 0 Å². The fourth-order valence-electron chi connectivity index (χ4n) is 4.08. The highest BCUT2D eigenvalue weighted by atomic mass is 35.5. The fourth-order valence-corrected chi connectivity index (χ4v) is 5.29. The number of anilines is 1. The average molecular weight is 536 g/mol. The molecule has 1 atom stereocenters.